The van der Waals surface area contributed by atoms with Crippen molar-refractivity contribution in [3.05, 3.63) is 29.3 Å². The summed E-state index contributed by atoms with van der Waals surface area (Å²) in [6, 6.07) is 0. The van der Waals surface area contributed by atoms with Gasteiger partial charge in [-0.3, -0.25) is 18.9 Å². The summed E-state index contributed by atoms with van der Waals surface area (Å²) in [6.45, 7) is -5.02. The lowest BCUT2D eigenvalue weighted by molar-refractivity contribution is -0.113. The lowest BCUT2D eigenvalue weighted by Gasteiger charge is -2.34. The maximum Gasteiger partial charge on any atom is 0.292 e. The van der Waals surface area contributed by atoms with Crippen LogP contribution in [0, 0.1) is 0 Å². The lowest BCUT2D eigenvalue weighted by atomic mass is 9.98. The molecule has 0 bridgehead atoms. The summed E-state index contributed by atoms with van der Waals surface area (Å²) in [6.07, 6.45) is -3.83. The minimum Gasteiger partial charge on any atom is -0.393 e. The van der Waals surface area contributed by atoms with E-state index in [4.69, 9.17) is 42.0 Å². The molecule has 6 rings (SSSR count). The van der Waals surface area contributed by atoms with Crippen LogP contribution in [0.1, 0.15) is 19.4 Å². The van der Waals surface area contributed by atoms with Crippen molar-refractivity contribution in [2.75, 3.05) is 31.8 Å². The number of ether oxygens (including phenoxy) is 3. The van der Waals surface area contributed by atoms with Crippen molar-refractivity contribution in [3.63, 3.8) is 0 Å². The maximum atomic E-state index is 15.7. The Kier molecular flexibility index (Phi) is 7.46. The first-order valence-corrected chi connectivity index (χ1v) is 15.6. The molecule has 0 radical (unpaired) electrons. The molecule has 22 heteroatoms. The first-order chi connectivity index (χ1) is 20.7. The number of anilines is 2. The van der Waals surface area contributed by atoms with Gasteiger partial charge in [0.15, 0.2) is 41.6 Å². The number of nitrogens with zero attached hydrogens (tertiary/aromatic N) is 7. The molecule has 44 heavy (non-hydrogen) atoms. The van der Waals surface area contributed by atoms with Crippen LogP contribution in [-0.4, -0.2) is 110 Å². The summed E-state index contributed by atoms with van der Waals surface area (Å²) in [5.74, 6) is -4.15. The number of hydrogen-bond acceptors (Lipinski definition) is 15. The van der Waals surface area contributed by atoms with E-state index in [2.05, 4.69) is 29.9 Å². The van der Waals surface area contributed by atoms with Crippen LogP contribution in [0.4, 0.5) is 20.5 Å². The van der Waals surface area contributed by atoms with Crippen molar-refractivity contribution in [1.29, 1.82) is 0 Å². The third-order valence-corrected chi connectivity index (χ3v) is 10.5. The Morgan fingerprint density at radius 1 is 1.16 bits per heavy atom. The number of imidazole rings is 2. The molecule has 8 atom stereocenters. The van der Waals surface area contributed by atoms with Crippen LogP contribution >= 0.6 is 6.49 Å². The number of aromatic amines is 1. The number of nitrogen functional groups attached to an aromatic ring is 2. The van der Waals surface area contributed by atoms with E-state index in [1.807, 2.05) is 0 Å². The lowest BCUT2D eigenvalue weighted by Crippen LogP contribution is -2.46. The SMILES string of the molecule is CO[C@H]1[C@H](n2cnc3c(N)ncnc32)O[C@](C)(COP(O)(=S)[C@H]2[C@H](n3cnc4c(=O)[nH]c(N)nc43)O[C@H](CO)C2(F)F)[C@H]1O. The van der Waals surface area contributed by atoms with Crippen molar-refractivity contribution in [1.82, 2.24) is 39.0 Å². The molecule has 6 heterocycles. The predicted molar refractivity (Wildman–Crippen MR) is 150 cm³/mol. The molecular weight excluding hydrogens is 633 g/mol. The van der Waals surface area contributed by atoms with Gasteiger partial charge >= 0.3 is 0 Å². The van der Waals surface area contributed by atoms with E-state index in [0.29, 0.717) is 0 Å². The van der Waals surface area contributed by atoms with Crippen LogP contribution in [-0.2, 0) is 30.5 Å². The van der Waals surface area contributed by atoms with Gasteiger partial charge in [0.1, 0.15) is 41.4 Å². The van der Waals surface area contributed by atoms with E-state index in [-0.39, 0.29) is 34.1 Å². The minimum absolute atomic E-state index is 0.108. The highest BCUT2D eigenvalue weighted by molar-refractivity contribution is 8.09. The number of H-pyrrole nitrogens is 1. The Morgan fingerprint density at radius 2 is 1.84 bits per heavy atom. The van der Waals surface area contributed by atoms with Gasteiger partial charge in [-0.15, -0.1) is 0 Å². The number of aliphatic hydroxyl groups excluding tert-OH is 2. The molecule has 0 aromatic carbocycles. The molecule has 4 aromatic heterocycles. The van der Waals surface area contributed by atoms with Gasteiger partial charge in [0.05, 0.1) is 25.9 Å². The first kappa shape index (κ1) is 30.7. The molecule has 4 aromatic rings. The van der Waals surface area contributed by atoms with Gasteiger partial charge in [0, 0.05) is 7.11 Å². The number of hydrogen-bond donors (Lipinski definition) is 6. The summed E-state index contributed by atoms with van der Waals surface area (Å²) in [5, 5.41) is 20.9. The van der Waals surface area contributed by atoms with E-state index < -0.39 is 73.2 Å². The van der Waals surface area contributed by atoms with E-state index >= 15 is 8.78 Å². The summed E-state index contributed by atoms with van der Waals surface area (Å²) in [5.41, 5.74) is 6.92. The summed E-state index contributed by atoms with van der Waals surface area (Å²) < 4.78 is 56.6. The predicted octanol–water partition coefficient (Wildman–Crippen LogP) is -1.00. The molecule has 8 N–H and O–H groups in total. The van der Waals surface area contributed by atoms with Crippen LogP contribution in [0.3, 0.4) is 0 Å². The fourth-order valence-electron chi connectivity index (χ4n) is 5.46. The monoisotopic (exact) mass is 660 g/mol. The zero-order chi connectivity index (χ0) is 31.8. The van der Waals surface area contributed by atoms with Crippen LogP contribution < -0.4 is 17.0 Å². The Bertz CT molecular complexity index is 1840. The zero-order valence-electron chi connectivity index (χ0n) is 22.9. The first-order valence-electron chi connectivity index (χ1n) is 12.9. The summed E-state index contributed by atoms with van der Waals surface area (Å²) in [4.78, 5) is 46.1. The number of rotatable bonds is 8. The van der Waals surface area contributed by atoms with Crippen molar-refractivity contribution in [2.45, 2.75) is 54.9 Å². The fraction of sp³-hybridized carbons (Fsp3) is 0.545. The number of methoxy groups -OCH3 is 1. The van der Waals surface area contributed by atoms with E-state index in [9.17, 15) is 19.9 Å². The molecule has 1 unspecified atom stereocenters. The van der Waals surface area contributed by atoms with Crippen LogP contribution in [0.2, 0.25) is 0 Å². The van der Waals surface area contributed by atoms with Gasteiger partial charge in [-0.1, -0.05) is 0 Å². The molecular formula is C22H27F2N10O8PS. The van der Waals surface area contributed by atoms with E-state index in [0.717, 1.165) is 10.9 Å². The van der Waals surface area contributed by atoms with Gasteiger partial charge in [0.25, 0.3) is 11.5 Å². The number of aromatic nitrogens is 8. The number of fused-ring (bicyclic) bond motifs is 2. The number of aliphatic hydroxyl groups is 2. The Hall–Kier alpha value is -3.27. The highest BCUT2D eigenvalue weighted by Gasteiger charge is 2.65. The summed E-state index contributed by atoms with van der Waals surface area (Å²) in [7, 11) is 1.33. The molecule has 18 nitrogen and oxygen atoms in total. The molecule has 238 valence electrons. The molecule has 0 aliphatic carbocycles. The van der Waals surface area contributed by atoms with Crippen LogP contribution in [0.25, 0.3) is 22.3 Å². The van der Waals surface area contributed by atoms with Crippen molar-refractivity contribution < 1.29 is 42.6 Å². The third-order valence-electron chi connectivity index (χ3n) is 7.72. The highest BCUT2D eigenvalue weighted by Crippen LogP contribution is 2.63. The van der Waals surface area contributed by atoms with Crippen molar-refractivity contribution in [3.8, 4) is 0 Å². The van der Waals surface area contributed by atoms with Gasteiger partial charge in [-0.25, -0.2) is 28.7 Å². The smallest absolute Gasteiger partial charge is 0.292 e. The van der Waals surface area contributed by atoms with Gasteiger partial charge in [-0.2, -0.15) is 4.98 Å². The molecule has 0 amide bonds. The topological polar surface area (TPSA) is 257 Å². The fourth-order valence-corrected chi connectivity index (χ4v) is 8.09. The molecule has 2 aliphatic rings. The number of nitrogens with two attached hydrogens (primary N) is 2. The molecule has 0 saturated carbocycles. The molecule has 2 aliphatic heterocycles. The number of halogens is 2. The van der Waals surface area contributed by atoms with Crippen LogP contribution in [0.5, 0.6) is 0 Å². The zero-order valence-corrected chi connectivity index (χ0v) is 24.6. The number of nitrogens with one attached hydrogen (secondary N) is 1. The van der Waals surface area contributed by atoms with E-state index in [1.165, 1.54) is 31.3 Å². The standard InChI is InChI=1S/C22H27F2N10O8PS/c1-21(12(36)11(39-2)18(42-21)33-6-29-9-14(25)27-5-28-15(9)33)4-40-43(38,44)13-19(41-8(3-35)22(13,23)24)34-7-30-10-16(34)31-20(26)32-17(10)37/h5-8,11-13,18-19,35-36H,3-4H2,1-2H3,(H,38,44)(H2,25,27,28)(H3,26,31,32,37)/t8-,11-,12+,13+,18-,19-,21-,43?/m1/s1. The van der Waals surface area contributed by atoms with E-state index in [1.54, 1.807) is 0 Å². The largest absolute Gasteiger partial charge is 0.393 e. The van der Waals surface area contributed by atoms with Gasteiger partial charge in [-0.05, 0) is 18.7 Å². The Labute approximate surface area is 250 Å². The maximum absolute atomic E-state index is 15.7. The minimum atomic E-state index is -4.62. The average molecular weight is 661 g/mol. The van der Waals surface area contributed by atoms with Crippen molar-refractivity contribution >= 4 is 52.4 Å². The Balaban J connectivity index is 1.32. The second kappa shape index (κ2) is 10.7. The Morgan fingerprint density at radius 3 is 2.52 bits per heavy atom. The van der Waals surface area contributed by atoms with Crippen LogP contribution in [0.15, 0.2) is 23.8 Å². The third kappa shape index (κ3) is 4.66. The highest BCUT2D eigenvalue weighted by atomic mass is 32.5. The quantitative estimate of drug-likeness (QED) is 0.124. The molecule has 2 fully saturated rings. The second-order valence-electron chi connectivity index (χ2n) is 10.5. The summed E-state index contributed by atoms with van der Waals surface area (Å²) >= 11 is 5.29. The van der Waals surface area contributed by atoms with Gasteiger partial charge < -0.3 is 45.3 Å². The number of alkyl halides is 2. The second-order valence-corrected chi connectivity index (χ2v) is 14.0. The normalized spacial score (nSPS) is 31.6. The van der Waals surface area contributed by atoms with Crippen molar-refractivity contribution in [2.24, 2.45) is 0 Å². The molecule has 2 saturated heterocycles. The molecule has 0 spiro atoms. The average Bonchev–Trinajstić information content (AvgIpc) is 3.70. The van der Waals surface area contributed by atoms with Gasteiger partial charge in [0.2, 0.25) is 5.95 Å².